The molecule has 0 unspecified atom stereocenters. The molecule has 2 rings (SSSR count). The summed E-state index contributed by atoms with van der Waals surface area (Å²) in [6, 6.07) is 3.06. The second-order valence-electron chi connectivity index (χ2n) is 3.10. The van der Waals surface area contributed by atoms with Gasteiger partial charge < -0.3 is 20.6 Å². The van der Waals surface area contributed by atoms with E-state index in [-0.39, 0.29) is 11.3 Å². The van der Waals surface area contributed by atoms with Crippen molar-refractivity contribution in [1.82, 2.24) is 0 Å². The number of hydrogen-bond donors (Lipinski definition) is 1. The summed E-state index contributed by atoms with van der Waals surface area (Å²) >= 11 is 0. The van der Waals surface area contributed by atoms with Gasteiger partial charge in [-0.05, 0) is 12.1 Å². The number of carbonyl (C=O) groups is 2. The molecule has 0 saturated heterocycles. The van der Waals surface area contributed by atoms with Crippen molar-refractivity contribution in [3.05, 3.63) is 29.3 Å². The minimum atomic E-state index is -3.76. The predicted octanol–water partition coefficient (Wildman–Crippen LogP) is -2.99. The van der Waals surface area contributed by atoms with Crippen molar-refractivity contribution < 1.29 is 24.9 Å². The third-order valence-corrected chi connectivity index (χ3v) is 2.07. The van der Waals surface area contributed by atoms with Crippen LogP contribution in [0.15, 0.2) is 18.2 Å². The molecule has 0 atom stereocenters. The van der Waals surface area contributed by atoms with E-state index in [2.05, 4.69) is 5.32 Å². The summed E-state index contributed by atoms with van der Waals surface area (Å²) in [6.45, 7) is 0. The Morgan fingerprint density at radius 3 is 2.40 bits per heavy atom. The van der Waals surface area contributed by atoms with Gasteiger partial charge in [-0.3, -0.25) is 15.6 Å². The highest BCUT2D eigenvalue weighted by Gasteiger charge is 2.27. The van der Waals surface area contributed by atoms with Gasteiger partial charge in [-0.1, -0.05) is 11.6 Å². The maximum Gasteiger partial charge on any atom is 0.296 e. The largest absolute Gasteiger partial charge is 0.873 e. The minimum absolute atomic E-state index is 0.107. The van der Waals surface area contributed by atoms with Gasteiger partial charge in [0.2, 0.25) is 0 Å². The van der Waals surface area contributed by atoms with Crippen LogP contribution in [0, 0.1) is 0 Å². The van der Waals surface area contributed by atoms with Gasteiger partial charge in [0.05, 0.1) is 11.3 Å². The fourth-order valence-corrected chi connectivity index (χ4v) is 1.33. The number of benzene rings is 1. The summed E-state index contributed by atoms with van der Waals surface area (Å²) in [5, 5.41) is 33.9. The molecular formula is C9H4NO5-3. The Labute approximate surface area is 83.8 Å². The van der Waals surface area contributed by atoms with Crippen LogP contribution >= 0.6 is 0 Å². The number of hydrogen-bond acceptors (Lipinski definition) is 5. The first kappa shape index (κ1) is 9.78. The van der Waals surface area contributed by atoms with Crippen LogP contribution < -0.4 is 20.6 Å². The predicted molar refractivity (Wildman–Crippen MR) is 41.1 cm³/mol. The molecule has 6 heteroatoms. The molecule has 1 aromatic carbocycles. The average molecular weight is 206 g/mol. The molecule has 1 aliphatic rings. The number of amides is 1. The molecule has 0 fully saturated rings. The fraction of sp³-hybridized carbons (Fsp3) is 0.111. The first-order valence-electron chi connectivity index (χ1n) is 4.01. The van der Waals surface area contributed by atoms with Gasteiger partial charge in [0.15, 0.2) is 0 Å². The number of rotatable bonds is 1. The summed E-state index contributed by atoms with van der Waals surface area (Å²) < 4.78 is 0. The molecule has 1 aromatic rings. The molecule has 15 heavy (non-hydrogen) atoms. The Bertz CT molecular complexity index is 460. The van der Waals surface area contributed by atoms with Gasteiger partial charge in [0.25, 0.3) is 11.7 Å². The second kappa shape index (κ2) is 2.86. The molecule has 6 nitrogen and oxygen atoms in total. The normalized spacial score (nSPS) is 15.1. The van der Waals surface area contributed by atoms with E-state index in [0.29, 0.717) is 0 Å². The van der Waals surface area contributed by atoms with E-state index >= 15 is 0 Å². The third-order valence-electron chi connectivity index (χ3n) is 2.07. The van der Waals surface area contributed by atoms with E-state index in [4.69, 9.17) is 0 Å². The molecule has 1 amide bonds. The Kier molecular flexibility index (Phi) is 1.87. The van der Waals surface area contributed by atoms with Gasteiger partial charge in [-0.25, -0.2) is 0 Å². The Morgan fingerprint density at radius 2 is 1.80 bits per heavy atom. The zero-order valence-electron chi connectivity index (χ0n) is 7.27. The van der Waals surface area contributed by atoms with Crippen LogP contribution in [0.5, 0.6) is 0 Å². The quantitative estimate of drug-likeness (QED) is 0.388. The Morgan fingerprint density at radius 1 is 1.13 bits per heavy atom. The summed E-state index contributed by atoms with van der Waals surface area (Å²) in [4.78, 5) is 22.1. The summed E-state index contributed by atoms with van der Waals surface area (Å²) in [5.41, 5.74) is -0.506. The lowest BCUT2D eigenvalue weighted by Gasteiger charge is -2.58. The molecule has 1 heterocycles. The number of anilines is 1. The van der Waals surface area contributed by atoms with Crippen molar-refractivity contribution in [3.8, 4) is 0 Å². The lowest BCUT2D eigenvalue weighted by atomic mass is 10.1. The van der Waals surface area contributed by atoms with Crippen LogP contribution in [-0.2, 0) is 10.8 Å². The standard InChI is InChI=1S/C9H4NO5/c11-7-5-3-4(9(13,14)15)1-2-6(5)10-8(7)12/h1-3H,(H,10,11,12)/q-3. The molecule has 1 N–H and O–H groups in total. The molecule has 0 aromatic heterocycles. The van der Waals surface area contributed by atoms with Crippen molar-refractivity contribution >= 4 is 17.4 Å². The van der Waals surface area contributed by atoms with E-state index < -0.39 is 23.2 Å². The lowest BCUT2D eigenvalue weighted by molar-refractivity contribution is -0.920. The maximum absolute atomic E-state index is 11.2. The fourth-order valence-electron chi connectivity index (χ4n) is 1.33. The number of fused-ring (bicyclic) bond motifs is 1. The maximum atomic E-state index is 11.2. The number of nitrogens with one attached hydrogen (secondary N) is 1. The SMILES string of the molecule is O=C1Nc2ccc(C([O-])([O-])[O-])cc2C1=O. The first-order chi connectivity index (χ1) is 6.89. The average Bonchev–Trinajstić information content (AvgIpc) is 2.41. The summed E-state index contributed by atoms with van der Waals surface area (Å²) in [5.74, 6) is -5.45. The van der Waals surface area contributed by atoms with Gasteiger partial charge >= 0.3 is 0 Å². The molecule has 0 bridgehead atoms. The highest BCUT2D eigenvalue weighted by atomic mass is 16.7. The molecule has 0 saturated carbocycles. The molecule has 0 radical (unpaired) electrons. The van der Waals surface area contributed by atoms with Crippen LogP contribution in [-0.4, -0.2) is 11.7 Å². The monoisotopic (exact) mass is 206 g/mol. The molecular weight excluding hydrogens is 202 g/mol. The molecule has 78 valence electrons. The third kappa shape index (κ3) is 1.50. The molecule has 0 spiro atoms. The van der Waals surface area contributed by atoms with Crippen LogP contribution in [0.25, 0.3) is 0 Å². The zero-order valence-corrected chi connectivity index (χ0v) is 7.27. The Hall–Kier alpha value is -1.76. The first-order valence-corrected chi connectivity index (χ1v) is 4.01. The minimum Gasteiger partial charge on any atom is -0.873 e. The van der Waals surface area contributed by atoms with Gasteiger partial charge in [-0.15, -0.1) is 0 Å². The summed E-state index contributed by atoms with van der Waals surface area (Å²) in [6.07, 6.45) is 0. The molecule has 1 aliphatic heterocycles. The van der Waals surface area contributed by atoms with Crippen molar-refractivity contribution in [3.63, 3.8) is 0 Å². The van der Waals surface area contributed by atoms with Crippen LogP contribution in [0.4, 0.5) is 5.69 Å². The highest BCUT2D eigenvalue weighted by molar-refractivity contribution is 6.51. The molecule has 0 aliphatic carbocycles. The van der Waals surface area contributed by atoms with Crippen molar-refractivity contribution in [1.29, 1.82) is 0 Å². The van der Waals surface area contributed by atoms with E-state index in [1.165, 1.54) is 6.07 Å². The van der Waals surface area contributed by atoms with Crippen molar-refractivity contribution in [2.45, 2.75) is 5.97 Å². The second-order valence-corrected chi connectivity index (χ2v) is 3.10. The number of carbonyl (C=O) groups excluding carboxylic acids is 2. The lowest BCUT2D eigenvalue weighted by Crippen LogP contribution is -2.63. The van der Waals surface area contributed by atoms with E-state index in [1.54, 1.807) is 0 Å². The Balaban J connectivity index is 2.54. The highest BCUT2D eigenvalue weighted by Crippen LogP contribution is 2.24. The van der Waals surface area contributed by atoms with Crippen molar-refractivity contribution in [2.24, 2.45) is 0 Å². The van der Waals surface area contributed by atoms with E-state index in [1.807, 2.05) is 0 Å². The van der Waals surface area contributed by atoms with Gasteiger partial charge in [0, 0.05) is 0 Å². The van der Waals surface area contributed by atoms with Gasteiger partial charge in [-0.2, -0.15) is 0 Å². The van der Waals surface area contributed by atoms with Gasteiger partial charge in [0.1, 0.15) is 0 Å². The van der Waals surface area contributed by atoms with E-state index in [0.717, 1.165) is 12.1 Å². The van der Waals surface area contributed by atoms with E-state index in [9.17, 15) is 24.9 Å². The smallest absolute Gasteiger partial charge is 0.296 e. The van der Waals surface area contributed by atoms with Crippen LogP contribution in [0.2, 0.25) is 0 Å². The van der Waals surface area contributed by atoms with Crippen LogP contribution in [0.1, 0.15) is 15.9 Å². The van der Waals surface area contributed by atoms with Crippen LogP contribution in [0.3, 0.4) is 0 Å². The number of Topliss-reactive ketones (excluding diaryl/α,β-unsaturated/α-hetero) is 1. The number of ketones is 1. The summed E-state index contributed by atoms with van der Waals surface area (Å²) in [7, 11) is 0. The topological polar surface area (TPSA) is 115 Å². The van der Waals surface area contributed by atoms with Crippen molar-refractivity contribution in [2.75, 3.05) is 5.32 Å². The zero-order chi connectivity index (χ0) is 11.2.